The monoisotopic (exact) mass is 191 g/mol. The molecule has 0 aliphatic carbocycles. The average molecular weight is 192 g/mol. The molecule has 0 bridgehead atoms. The Morgan fingerprint density at radius 3 is 2.83 bits per heavy atom. The number of nitrogens with one attached hydrogen (secondary N) is 2. The van der Waals surface area contributed by atoms with Crippen molar-refractivity contribution in [1.82, 2.24) is 25.8 Å². The summed E-state index contributed by atoms with van der Waals surface area (Å²) in [6.45, 7) is 0. The predicted octanol–water partition coefficient (Wildman–Crippen LogP) is -0.567. The molecule has 0 unspecified atom stereocenters. The van der Waals surface area contributed by atoms with Crippen LogP contribution in [0.25, 0.3) is 0 Å². The Kier molecular flexibility index (Phi) is 4.24. The molecule has 0 saturated carbocycles. The molecule has 68 valence electrons. The van der Waals surface area contributed by atoms with Gasteiger partial charge in [0.2, 0.25) is 0 Å². The number of rotatable bonds is 2. The summed E-state index contributed by atoms with van der Waals surface area (Å²) in [5.41, 5.74) is 2.95. The first kappa shape index (κ1) is 10.9. The van der Waals surface area contributed by atoms with Crippen molar-refractivity contribution in [1.29, 1.82) is 0 Å². The van der Waals surface area contributed by atoms with Crippen LogP contribution in [0.15, 0.2) is 6.20 Å². The fraction of sp³-hybridized carbons (Fsp3) is 0.400. The smallest absolute Gasteiger partial charge is 0.276 e. The molecular formula is C5H10ClN5O. The van der Waals surface area contributed by atoms with Crippen molar-refractivity contribution in [2.75, 3.05) is 14.1 Å². The number of carbonyl (C=O) groups is 1. The van der Waals surface area contributed by atoms with Crippen LogP contribution in [0.1, 0.15) is 10.5 Å². The van der Waals surface area contributed by atoms with E-state index in [9.17, 15) is 4.79 Å². The summed E-state index contributed by atoms with van der Waals surface area (Å²) in [6, 6.07) is 0. The van der Waals surface area contributed by atoms with Crippen molar-refractivity contribution < 1.29 is 4.79 Å². The first-order valence-electron chi connectivity index (χ1n) is 3.07. The van der Waals surface area contributed by atoms with E-state index in [1.54, 1.807) is 14.1 Å². The molecular weight excluding hydrogens is 182 g/mol. The van der Waals surface area contributed by atoms with E-state index >= 15 is 0 Å². The summed E-state index contributed by atoms with van der Waals surface area (Å²) in [7, 11) is 3.26. The molecule has 1 amide bonds. The molecule has 2 N–H and O–H groups in total. The minimum Gasteiger partial charge on any atom is -0.276 e. The van der Waals surface area contributed by atoms with Crippen molar-refractivity contribution in [3.05, 3.63) is 11.9 Å². The number of carbonyl (C=O) groups excluding carboxylic acids is 1. The third-order valence-electron chi connectivity index (χ3n) is 1.27. The van der Waals surface area contributed by atoms with Crippen LogP contribution in [-0.4, -0.2) is 40.4 Å². The molecule has 7 heteroatoms. The highest BCUT2D eigenvalue weighted by atomic mass is 35.5. The van der Waals surface area contributed by atoms with E-state index in [1.807, 2.05) is 0 Å². The minimum atomic E-state index is -0.221. The molecule has 0 radical (unpaired) electrons. The van der Waals surface area contributed by atoms with Gasteiger partial charge in [0, 0.05) is 14.1 Å². The fourth-order valence-corrected chi connectivity index (χ4v) is 0.578. The van der Waals surface area contributed by atoms with Gasteiger partial charge in [-0.2, -0.15) is 15.4 Å². The highest BCUT2D eigenvalue weighted by molar-refractivity contribution is 5.91. The van der Waals surface area contributed by atoms with E-state index in [0.29, 0.717) is 5.69 Å². The Morgan fingerprint density at radius 2 is 2.42 bits per heavy atom. The van der Waals surface area contributed by atoms with Crippen LogP contribution in [-0.2, 0) is 0 Å². The van der Waals surface area contributed by atoms with Gasteiger partial charge in [-0.3, -0.25) is 9.80 Å². The Labute approximate surface area is 75.7 Å². The second-order valence-electron chi connectivity index (χ2n) is 1.94. The topological polar surface area (TPSA) is 73.9 Å². The molecule has 0 aromatic carbocycles. The maximum absolute atomic E-state index is 11.2. The van der Waals surface area contributed by atoms with E-state index in [2.05, 4.69) is 20.8 Å². The summed E-state index contributed by atoms with van der Waals surface area (Å²) >= 11 is 0. The maximum Gasteiger partial charge on any atom is 0.289 e. The van der Waals surface area contributed by atoms with Crippen LogP contribution < -0.4 is 5.43 Å². The molecule has 0 aliphatic rings. The zero-order valence-electron chi connectivity index (χ0n) is 6.74. The Morgan fingerprint density at radius 1 is 1.75 bits per heavy atom. The van der Waals surface area contributed by atoms with Crippen LogP contribution in [0.3, 0.4) is 0 Å². The number of H-pyrrole nitrogens is 1. The molecule has 1 heterocycles. The van der Waals surface area contributed by atoms with Crippen LogP contribution in [0.5, 0.6) is 0 Å². The first-order chi connectivity index (χ1) is 5.25. The normalized spacial score (nSPS) is 8.83. The van der Waals surface area contributed by atoms with Gasteiger partial charge in [-0.25, -0.2) is 5.43 Å². The molecule has 0 aliphatic heterocycles. The van der Waals surface area contributed by atoms with Crippen molar-refractivity contribution in [2.24, 2.45) is 0 Å². The molecule has 1 rings (SSSR count). The van der Waals surface area contributed by atoms with Crippen molar-refractivity contribution in [3.63, 3.8) is 0 Å². The standard InChI is InChI=1S/C5H9N5O.ClH/c1-6-10(2)5(11)4-3-7-9-8-4;/h3,6H,1-2H3,(H,7,8,9);1H. The highest BCUT2D eigenvalue weighted by Crippen LogP contribution is 1.92. The second-order valence-corrected chi connectivity index (χ2v) is 1.94. The number of nitrogens with zero attached hydrogens (tertiary/aromatic N) is 3. The van der Waals surface area contributed by atoms with Crippen molar-refractivity contribution >= 4 is 18.3 Å². The largest absolute Gasteiger partial charge is 0.289 e. The number of hydrogen-bond donors (Lipinski definition) is 2. The fourth-order valence-electron chi connectivity index (χ4n) is 0.578. The molecule has 0 fully saturated rings. The van der Waals surface area contributed by atoms with E-state index in [0.717, 1.165) is 0 Å². The molecule has 1 aromatic heterocycles. The van der Waals surface area contributed by atoms with Gasteiger partial charge < -0.3 is 0 Å². The van der Waals surface area contributed by atoms with Crippen molar-refractivity contribution in [2.45, 2.75) is 0 Å². The number of amides is 1. The number of hydrazine groups is 1. The highest BCUT2D eigenvalue weighted by Gasteiger charge is 2.11. The van der Waals surface area contributed by atoms with Gasteiger partial charge in [-0.15, -0.1) is 12.4 Å². The Bertz CT molecular complexity index is 236. The second kappa shape index (κ2) is 4.68. The minimum absolute atomic E-state index is 0. The summed E-state index contributed by atoms with van der Waals surface area (Å²) in [4.78, 5) is 11.2. The van der Waals surface area contributed by atoms with E-state index in [4.69, 9.17) is 0 Å². The van der Waals surface area contributed by atoms with E-state index in [-0.39, 0.29) is 18.3 Å². The van der Waals surface area contributed by atoms with Gasteiger partial charge in [-0.1, -0.05) is 0 Å². The van der Waals surface area contributed by atoms with E-state index in [1.165, 1.54) is 11.2 Å². The number of aromatic nitrogens is 3. The number of hydrogen-bond acceptors (Lipinski definition) is 4. The summed E-state index contributed by atoms with van der Waals surface area (Å²) in [5.74, 6) is -0.221. The van der Waals surface area contributed by atoms with Crippen LogP contribution in [0.2, 0.25) is 0 Å². The molecule has 6 nitrogen and oxygen atoms in total. The van der Waals surface area contributed by atoms with Crippen LogP contribution >= 0.6 is 12.4 Å². The van der Waals surface area contributed by atoms with Crippen LogP contribution in [0.4, 0.5) is 0 Å². The van der Waals surface area contributed by atoms with E-state index < -0.39 is 0 Å². The zero-order chi connectivity index (χ0) is 8.27. The van der Waals surface area contributed by atoms with Crippen molar-refractivity contribution in [3.8, 4) is 0 Å². The van der Waals surface area contributed by atoms with Gasteiger partial charge in [0.1, 0.15) is 0 Å². The maximum atomic E-state index is 11.2. The SMILES string of the molecule is CNN(C)C(=O)c1cn[nH]n1.Cl. The quantitative estimate of drug-likeness (QED) is 0.615. The third kappa shape index (κ3) is 2.18. The van der Waals surface area contributed by atoms with Gasteiger partial charge in [0.05, 0.1) is 6.20 Å². The lowest BCUT2D eigenvalue weighted by atomic mass is 10.4. The molecule has 0 spiro atoms. The molecule has 12 heavy (non-hydrogen) atoms. The molecule has 0 saturated heterocycles. The Hall–Kier alpha value is -1.14. The number of aromatic amines is 1. The predicted molar refractivity (Wildman–Crippen MR) is 44.8 cm³/mol. The lowest BCUT2D eigenvalue weighted by molar-refractivity contribution is 0.0729. The van der Waals surface area contributed by atoms with Gasteiger partial charge in [0.25, 0.3) is 5.91 Å². The average Bonchev–Trinajstić information content (AvgIpc) is 2.53. The summed E-state index contributed by atoms with van der Waals surface area (Å²) in [5, 5.41) is 10.8. The van der Waals surface area contributed by atoms with Gasteiger partial charge in [-0.05, 0) is 0 Å². The molecule has 0 atom stereocenters. The summed E-state index contributed by atoms with van der Waals surface area (Å²) < 4.78 is 0. The van der Waals surface area contributed by atoms with Gasteiger partial charge in [0.15, 0.2) is 5.69 Å². The zero-order valence-corrected chi connectivity index (χ0v) is 7.55. The lowest BCUT2D eigenvalue weighted by Gasteiger charge is -2.12. The molecule has 1 aromatic rings. The number of halogens is 1. The van der Waals surface area contributed by atoms with Crippen LogP contribution in [0, 0.1) is 0 Å². The Balaban J connectivity index is 0.00000121. The first-order valence-corrected chi connectivity index (χ1v) is 3.07. The summed E-state index contributed by atoms with van der Waals surface area (Å²) in [6.07, 6.45) is 1.37. The van der Waals surface area contributed by atoms with Gasteiger partial charge >= 0.3 is 0 Å². The lowest BCUT2D eigenvalue weighted by Crippen LogP contribution is -2.36. The third-order valence-corrected chi connectivity index (χ3v) is 1.27.